The summed E-state index contributed by atoms with van der Waals surface area (Å²) in [5.41, 5.74) is 0.510. The molecule has 0 atom stereocenters. The second-order valence-electron chi connectivity index (χ2n) is 4.50. The number of halogens is 2. The van der Waals surface area contributed by atoms with Crippen LogP contribution in [0.3, 0.4) is 0 Å². The molecule has 0 fully saturated rings. The van der Waals surface area contributed by atoms with Crippen molar-refractivity contribution in [2.45, 2.75) is 0 Å². The zero-order valence-corrected chi connectivity index (χ0v) is 13.2. The molecule has 2 amide bonds. The fourth-order valence-corrected chi connectivity index (χ4v) is 2.17. The summed E-state index contributed by atoms with van der Waals surface area (Å²) in [6.07, 6.45) is 0. The number of hydrogen-bond acceptors (Lipinski definition) is 2. The van der Waals surface area contributed by atoms with Crippen LogP contribution in [0.5, 0.6) is 0 Å². The Bertz CT molecular complexity index is 677. The highest BCUT2D eigenvalue weighted by Crippen LogP contribution is 2.15. The molecule has 0 unspecified atom stereocenters. The average molecular weight is 365 g/mol. The molecule has 2 aromatic rings. The van der Waals surface area contributed by atoms with Crippen molar-refractivity contribution in [2.24, 2.45) is 0 Å². The molecule has 0 heterocycles. The van der Waals surface area contributed by atoms with Crippen LogP contribution in [0.15, 0.2) is 53.0 Å². The van der Waals surface area contributed by atoms with E-state index in [-0.39, 0.29) is 24.6 Å². The molecular weight excluding hydrogens is 351 g/mol. The summed E-state index contributed by atoms with van der Waals surface area (Å²) in [5, 5.41) is 5.23. The van der Waals surface area contributed by atoms with Gasteiger partial charge in [0.1, 0.15) is 5.82 Å². The van der Waals surface area contributed by atoms with Gasteiger partial charge in [-0.2, -0.15) is 0 Å². The maximum atomic E-state index is 13.5. The van der Waals surface area contributed by atoms with Crippen molar-refractivity contribution in [3.63, 3.8) is 0 Å². The van der Waals surface area contributed by atoms with Crippen LogP contribution in [-0.4, -0.2) is 24.9 Å². The Balaban J connectivity index is 1.80. The molecule has 0 aliphatic rings. The topological polar surface area (TPSA) is 58.2 Å². The Morgan fingerprint density at radius 2 is 1.59 bits per heavy atom. The number of carbonyl (C=O) groups excluding carboxylic acids is 2. The molecular formula is C16H14BrFN2O2. The van der Waals surface area contributed by atoms with Crippen LogP contribution in [0.1, 0.15) is 20.7 Å². The third kappa shape index (κ3) is 4.39. The van der Waals surface area contributed by atoms with Crippen molar-refractivity contribution in [3.8, 4) is 0 Å². The molecule has 6 heteroatoms. The molecule has 0 bridgehead atoms. The van der Waals surface area contributed by atoms with Gasteiger partial charge in [0.15, 0.2) is 0 Å². The molecule has 2 N–H and O–H groups in total. The molecule has 22 heavy (non-hydrogen) atoms. The van der Waals surface area contributed by atoms with Gasteiger partial charge in [-0.1, -0.05) is 34.1 Å². The van der Waals surface area contributed by atoms with Crippen molar-refractivity contribution in [2.75, 3.05) is 13.1 Å². The van der Waals surface area contributed by atoms with Gasteiger partial charge in [0, 0.05) is 23.1 Å². The van der Waals surface area contributed by atoms with Gasteiger partial charge in [0.05, 0.1) is 5.56 Å². The van der Waals surface area contributed by atoms with Crippen molar-refractivity contribution in [3.05, 3.63) is 69.9 Å². The van der Waals surface area contributed by atoms with E-state index in [9.17, 15) is 14.0 Å². The van der Waals surface area contributed by atoms with Gasteiger partial charge in [-0.3, -0.25) is 9.59 Å². The quantitative estimate of drug-likeness (QED) is 0.801. The maximum Gasteiger partial charge on any atom is 0.254 e. The van der Waals surface area contributed by atoms with E-state index < -0.39 is 11.7 Å². The van der Waals surface area contributed by atoms with Gasteiger partial charge < -0.3 is 10.6 Å². The van der Waals surface area contributed by atoms with Crippen LogP contribution in [0.2, 0.25) is 0 Å². The summed E-state index contributed by atoms with van der Waals surface area (Å²) in [5.74, 6) is -1.33. The Kier molecular flexibility index (Phi) is 5.66. The standard InChI is InChI=1S/C16H14BrFN2O2/c17-12-6-7-14(18)13(10-12)16(22)20-9-8-19-15(21)11-4-2-1-3-5-11/h1-7,10H,8-9H2,(H,19,21)(H,20,22). The molecule has 2 rings (SSSR count). The van der Waals surface area contributed by atoms with Gasteiger partial charge in [-0.25, -0.2) is 4.39 Å². The first-order chi connectivity index (χ1) is 10.6. The van der Waals surface area contributed by atoms with Gasteiger partial charge in [0.25, 0.3) is 11.8 Å². The molecule has 114 valence electrons. The number of amides is 2. The lowest BCUT2D eigenvalue weighted by Crippen LogP contribution is -2.35. The molecule has 4 nitrogen and oxygen atoms in total. The van der Waals surface area contributed by atoms with E-state index >= 15 is 0 Å². The van der Waals surface area contributed by atoms with E-state index in [1.165, 1.54) is 18.2 Å². The molecule has 0 spiro atoms. The van der Waals surface area contributed by atoms with Crippen LogP contribution in [0.4, 0.5) is 4.39 Å². The van der Waals surface area contributed by atoms with Gasteiger partial charge in [-0.15, -0.1) is 0 Å². The lowest BCUT2D eigenvalue weighted by molar-refractivity contribution is 0.0925. The second-order valence-corrected chi connectivity index (χ2v) is 5.42. The highest BCUT2D eigenvalue weighted by atomic mass is 79.9. The SMILES string of the molecule is O=C(NCCNC(=O)c1cc(Br)ccc1F)c1ccccc1. The van der Waals surface area contributed by atoms with Gasteiger partial charge in [0.2, 0.25) is 0 Å². The fourth-order valence-electron chi connectivity index (χ4n) is 1.81. The highest BCUT2D eigenvalue weighted by molar-refractivity contribution is 9.10. The largest absolute Gasteiger partial charge is 0.350 e. The summed E-state index contributed by atoms with van der Waals surface area (Å²) in [7, 11) is 0. The van der Waals surface area contributed by atoms with Gasteiger partial charge >= 0.3 is 0 Å². The van der Waals surface area contributed by atoms with Crippen molar-refractivity contribution < 1.29 is 14.0 Å². The maximum absolute atomic E-state index is 13.5. The Labute approximate surface area is 135 Å². The lowest BCUT2D eigenvalue weighted by atomic mass is 10.2. The second kappa shape index (κ2) is 7.70. The summed E-state index contributed by atoms with van der Waals surface area (Å²) in [6, 6.07) is 12.9. The van der Waals surface area contributed by atoms with E-state index in [0.29, 0.717) is 10.0 Å². The minimum Gasteiger partial charge on any atom is -0.350 e. The third-order valence-corrected chi connectivity index (χ3v) is 3.40. The molecule has 0 aromatic heterocycles. The minimum absolute atomic E-state index is 0.0382. The van der Waals surface area contributed by atoms with Crippen molar-refractivity contribution in [1.29, 1.82) is 0 Å². The number of carbonyl (C=O) groups is 2. The van der Waals surface area contributed by atoms with E-state index in [1.54, 1.807) is 24.3 Å². The van der Waals surface area contributed by atoms with Gasteiger partial charge in [-0.05, 0) is 30.3 Å². The van der Waals surface area contributed by atoms with E-state index in [2.05, 4.69) is 26.6 Å². The number of nitrogens with one attached hydrogen (secondary N) is 2. The van der Waals surface area contributed by atoms with Crippen LogP contribution in [0.25, 0.3) is 0 Å². The first-order valence-corrected chi connectivity index (χ1v) is 7.44. The first kappa shape index (κ1) is 16.2. The summed E-state index contributed by atoms with van der Waals surface area (Å²) >= 11 is 3.19. The molecule has 0 aliphatic heterocycles. The van der Waals surface area contributed by atoms with Crippen LogP contribution in [-0.2, 0) is 0 Å². The molecule has 0 saturated carbocycles. The zero-order valence-electron chi connectivity index (χ0n) is 11.6. The Morgan fingerprint density at radius 1 is 0.955 bits per heavy atom. The first-order valence-electron chi connectivity index (χ1n) is 6.64. The minimum atomic E-state index is -0.589. The van der Waals surface area contributed by atoms with Crippen LogP contribution >= 0.6 is 15.9 Å². The number of rotatable bonds is 5. The number of hydrogen-bond donors (Lipinski definition) is 2. The Hall–Kier alpha value is -2.21. The fraction of sp³-hybridized carbons (Fsp3) is 0.125. The predicted octanol–water partition coefficient (Wildman–Crippen LogP) is 2.75. The van der Waals surface area contributed by atoms with Crippen LogP contribution in [0, 0.1) is 5.82 Å². The lowest BCUT2D eigenvalue weighted by Gasteiger charge is -2.08. The molecule has 0 saturated heterocycles. The third-order valence-electron chi connectivity index (χ3n) is 2.91. The monoisotopic (exact) mass is 364 g/mol. The van der Waals surface area contributed by atoms with Crippen molar-refractivity contribution in [1.82, 2.24) is 10.6 Å². The van der Waals surface area contributed by atoms with Crippen molar-refractivity contribution >= 4 is 27.7 Å². The summed E-state index contributed by atoms with van der Waals surface area (Å²) in [6.45, 7) is 0.471. The highest BCUT2D eigenvalue weighted by Gasteiger charge is 2.11. The van der Waals surface area contributed by atoms with E-state index in [1.807, 2.05) is 6.07 Å². The number of benzene rings is 2. The van der Waals surface area contributed by atoms with E-state index in [0.717, 1.165) is 0 Å². The van der Waals surface area contributed by atoms with E-state index in [4.69, 9.17) is 0 Å². The summed E-state index contributed by atoms with van der Waals surface area (Å²) in [4.78, 5) is 23.6. The Morgan fingerprint density at radius 3 is 2.27 bits per heavy atom. The van der Waals surface area contributed by atoms with Crippen LogP contribution < -0.4 is 10.6 Å². The average Bonchev–Trinajstić information content (AvgIpc) is 2.54. The molecule has 0 radical (unpaired) electrons. The predicted molar refractivity (Wildman–Crippen MR) is 85.2 cm³/mol. The molecule has 0 aliphatic carbocycles. The normalized spacial score (nSPS) is 10.1. The summed E-state index contributed by atoms with van der Waals surface area (Å²) < 4.78 is 14.1. The molecule has 2 aromatic carbocycles. The smallest absolute Gasteiger partial charge is 0.254 e. The zero-order chi connectivity index (χ0) is 15.9.